The fourth-order valence-electron chi connectivity index (χ4n) is 2.85. The van der Waals surface area contributed by atoms with Gasteiger partial charge in [0.2, 0.25) is 15.9 Å². The molecule has 0 saturated carbocycles. The Bertz CT molecular complexity index is 1100. The molecule has 0 unspecified atom stereocenters. The molecule has 11 heteroatoms. The van der Waals surface area contributed by atoms with Crippen molar-refractivity contribution in [3.8, 4) is 0 Å². The highest BCUT2D eigenvalue weighted by Gasteiger charge is 2.28. The van der Waals surface area contributed by atoms with Crippen LogP contribution in [0.3, 0.4) is 0 Å². The summed E-state index contributed by atoms with van der Waals surface area (Å²) in [6.07, 6.45) is 2.45. The molecule has 30 heavy (non-hydrogen) atoms. The number of nitro benzene ring substituents is 1. The molecule has 2 aromatic carbocycles. The van der Waals surface area contributed by atoms with E-state index in [0.29, 0.717) is 13.2 Å². The number of ether oxygens (including phenoxy) is 1. The van der Waals surface area contributed by atoms with Gasteiger partial charge in [-0.05, 0) is 30.3 Å². The number of nitrogens with one attached hydrogen (secondary N) is 1. The smallest absolute Gasteiger partial charge is 0.276 e. The zero-order valence-corrected chi connectivity index (χ0v) is 17.2. The lowest BCUT2D eigenvalue weighted by molar-refractivity contribution is -0.385. The first-order chi connectivity index (χ1) is 14.3. The van der Waals surface area contributed by atoms with Crippen molar-refractivity contribution in [3.05, 3.63) is 69.2 Å². The number of para-hydroxylation sites is 1. The maximum atomic E-state index is 12.9. The second-order valence-corrected chi connectivity index (χ2v) is 8.61. The van der Waals surface area contributed by atoms with Gasteiger partial charge in [-0.3, -0.25) is 14.9 Å². The van der Waals surface area contributed by atoms with Crippen LogP contribution in [-0.2, 0) is 19.6 Å². The average Bonchev–Trinajstić information content (AvgIpc) is 2.74. The van der Waals surface area contributed by atoms with Crippen molar-refractivity contribution < 1.29 is 22.9 Å². The molecule has 1 aliphatic heterocycles. The molecule has 1 fully saturated rings. The maximum Gasteiger partial charge on any atom is 0.276 e. The van der Waals surface area contributed by atoms with Crippen molar-refractivity contribution in [2.75, 3.05) is 31.6 Å². The normalized spacial score (nSPS) is 15.2. The number of rotatable bonds is 6. The predicted octanol–water partition coefficient (Wildman–Crippen LogP) is 2.92. The van der Waals surface area contributed by atoms with Crippen LogP contribution < -0.4 is 5.32 Å². The summed E-state index contributed by atoms with van der Waals surface area (Å²) >= 11 is 6.10. The number of sulfonamides is 1. The highest BCUT2D eigenvalue weighted by atomic mass is 35.5. The van der Waals surface area contributed by atoms with E-state index in [1.807, 2.05) is 0 Å². The van der Waals surface area contributed by atoms with E-state index in [1.165, 1.54) is 46.8 Å². The summed E-state index contributed by atoms with van der Waals surface area (Å²) < 4.78 is 32.2. The quantitative estimate of drug-likeness (QED) is 0.409. The van der Waals surface area contributed by atoms with E-state index in [9.17, 15) is 23.3 Å². The molecule has 1 N–H and O–H groups in total. The van der Waals surface area contributed by atoms with Crippen LogP contribution in [0.1, 0.15) is 5.56 Å². The number of hydrogen-bond acceptors (Lipinski definition) is 6. The van der Waals surface area contributed by atoms with Crippen LogP contribution in [0.15, 0.2) is 53.4 Å². The molecule has 3 rings (SSSR count). The van der Waals surface area contributed by atoms with Crippen LogP contribution in [0, 0.1) is 10.1 Å². The number of carbonyl (C=O) groups excluding carboxylic acids is 1. The third-order valence-electron chi connectivity index (χ3n) is 4.33. The molecule has 1 saturated heterocycles. The molecule has 0 bridgehead atoms. The van der Waals surface area contributed by atoms with Crippen LogP contribution in [0.25, 0.3) is 6.08 Å². The molecule has 0 atom stereocenters. The van der Waals surface area contributed by atoms with Gasteiger partial charge in [-0.25, -0.2) is 8.42 Å². The largest absolute Gasteiger partial charge is 0.379 e. The Hall–Kier alpha value is -2.79. The molecule has 158 valence electrons. The van der Waals surface area contributed by atoms with Gasteiger partial charge < -0.3 is 10.1 Å². The minimum atomic E-state index is -3.84. The number of anilines is 1. The van der Waals surface area contributed by atoms with E-state index in [1.54, 1.807) is 6.07 Å². The van der Waals surface area contributed by atoms with Gasteiger partial charge in [0.15, 0.2) is 0 Å². The number of nitro groups is 1. The van der Waals surface area contributed by atoms with E-state index < -0.39 is 20.9 Å². The standard InChI is InChI=1S/C19H18ClN3O6S/c20-16-7-6-15(13-18(16)30(27,28)22-9-11-29-12-10-22)21-19(24)8-5-14-3-1-2-4-17(14)23(25)26/h1-8,13H,9-12H2,(H,21,24)/b8-5+. The Kier molecular flexibility index (Phi) is 6.83. The van der Waals surface area contributed by atoms with Gasteiger partial charge in [-0.15, -0.1) is 0 Å². The molecular weight excluding hydrogens is 434 g/mol. The maximum absolute atomic E-state index is 12.9. The number of benzene rings is 2. The first-order valence-electron chi connectivity index (χ1n) is 8.89. The van der Waals surface area contributed by atoms with Crippen molar-refractivity contribution >= 4 is 45.0 Å². The zero-order valence-electron chi connectivity index (χ0n) is 15.7. The number of amides is 1. The third-order valence-corrected chi connectivity index (χ3v) is 6.71. The van der Waals surface area contributed by atoms with E-state index in [2.05, 4.69) is 5.32 Å². The summed E-state index contributed by atoms with van der Waals surface area (Å²) in [6, 6.07) is 10.1. The summed E-state index contributed by atoms with van der Waals surface area (Å²) in [7, 11) is -3.84. The Balaban J connectivity index is 1.78. The van der Waals surface area contributed by atoms with Crippen molar-refractivity contribution in [2.24, 2.45) is 0 Å². The summed E-state index contributed by atoms with van der Waals surface area (Å²) in [5, 5.41) is 13.6. The van der Waals surface area contributed by atoms with Crippen LogP contribution >= 0.6 is 11.6 Å². The monoisotopic (exact) mass is 451 g/mol. The predicted molar refractivity (Wildman–Crippen MR) is 112 cm³/mol. The first kappa shape index (κ1) is 21.9. The van der Waals surface area contributed by atoms with E-state index in [4.69, 9.17) is 16.3 Å². The summed E-state index contributed by atoms with van der Waals surface area (Å²) in [5.74, 6) is -0.579. The van der Waals surface area contributed by atoms with Crippen LogP contribution in [0.2, 0.25) is 5.02 Å². The lowest BCUT2D eigenvalue weighted by Gasteiger charge is -2.26. The minimum absolute atomic E-state index is 0.0370. The van der Waals surface area contributed by atoms with Crippen molar-refractivity contribution in [2.45, 2.75) is 4.90 Å². The van der Waals surface area contributed by atoms with Gasteiger partial charge in [0.1, 0.15) is 4.90 Å². The van der Waals surface area contributed by atoms with Crippen LogP contribution in [-0.4, -0.2) is 49.9 Å². The molecular formula is C19H18ClN3O6S. The van der Waals surface area contributed by atoms with E-state index >= 15 is 0 Å². The van der Waals surface area contributed by atoms with E-state index in [-0.39, 0.29) is 39.9 Å². The minimum Gasteiger partial charge on any atom is -0.379 e. The molecule has 0 radical (unpaired) electrons. The Labute approximate surface area is 178 Å². The lowest BCUT2D eigenvalue weighted by Crippen LogP contribution is -2.40. The number of carbonyl (C=O) groups is 1. The Morgan fingerprint density at radius 2 is 1.90 bits per heavy atom. The average molecular weight is 452 g/mol. The molecule has 0 aromatic heterocycles. The van der Waals surface area contributed by atoms with Gasteiger partial charge in [-0.2, -0.15) is 4.31 Å². The third kappa shape index (κ3) is 5.03. The van der Waals surface area contributed by atoms with Crippen LogP contribution in [0.4, 0.5) is 11.4 Å². The fourth-order valence-corrected chi connectivity index (χ4v) is 4.76. The molecule has 1 amide bonds. The van der Waals surface area contributed by atoms with Crippen LogP contribution in [0.5, 0.6) is 0 Å². The zero-order chi connectivity index (χ0) is 21.7. The van der Waals surface area contributed by atoms with E-state index in [0.717, 1.165) is 6.08 Å². The molecule has 2 aromatic rings. The van der Waals surface area contributed by atoms with Gasteiger partial charge in [0.25, 0.3) is 5.69 Å². The van der Waals surface area contributed by atoms with Gasteiger partial charge in [0.05, 0.1) is 28.7 Å². The highest BCUT2D eigenvalue weighted by Crippen LogP contribution is 2.28. The van der Waals surface area contributed by atoms with Gasteiger partial charge in [0, 0.05) is 30.9 Å². The summed E-state index contributed by atoms with van der Waals surface area (Å²) in [5.41, 5.74) is 0.361. The SMILES string of the molecule is O=C(/C=C/c1ccccc1[N+](=O)[O-])Nc1ccc(Cl)c(S(=O)(=O)N2CCOCC2)c1. The summed E-state index contributed by atoms with van der Waals surface area (Å²) in [4.78, 5) is 22.6. The topological polar surface area (TPSA) is 119 Å². The number of hydrogen-bond donors (Lipinski definition) is 1. The van der Waals surface area contributed by atoms with Crippen molar-refractivity contribution in [3.63, 3.8) is 0 Å². The first-order valence-corrected chi connectivity index (χ1v) is 10.7. The molecule has 0 aliphatic carbocycles. The molecule has 9 nitrogen and oxygen atoms in total. The number of nitrogens with zero attached hydrogens (tertiary/aromatic N) is 2. The lowest BCUT2D eigenvalue weighted by atomic mass is 10.1. The molecule has 1 heterocycles. The summed E-state index contributed by atoms with van der Waals surface area (Å²) in [6.45, 7) is 1.02. The number of morpholine rings is 1. The van der Waals surface area contributed by atoms with Crippen molar-refractivity contribution in [1.29, 1.82) is 0 Å². The van der Waals surface area contributed by atoms with Gasteiger partial charge in [-0.1, -0.05) is 23.7 Å². The Morgan fingerprint density at radius 3 is 2.60 bits per heavy atom. The number of halogens is 1. The fraction of sp³-hybridized carbons (Fsp3) is 0.211. The Morgan fingerprint density at radius 1 is 1.20 bits per heavy atom. The molecule has 1 aliphatic rings. The molecule has 0 spiro atoms. The van der Waals surface area contributed by atoms with Gasteiger partial charge >= 0.3 is 0 Å². The second kappa shape index (κ2) is 9.35. The second-order valence-electron chi connectivity index (χ2n) is 6.30. The highest BCUT2D eigenvalue weighted by molar-refractivity contribution is 7.89. The van der Waals surface area contributed by atoms with Crippen molar-refractivity contribution in [1.82, 2.24) is 4.31 Å².